The van der Waals surface area contributed by atoms with Crippen molar-refractivity contribution >= 4 is 23.3 Å². The van der Waals surface area contributed by atoms with Crippen LogP contribution in [0.3, 0.4) is 0 Å². The van der Waals surface area contributed by atoms with E-state index in [1.54, 1.807) is 42.5 Å². The van der Waals surface area contributed by atoms with Gasteiger partial charge in [0.05, 0.1) is 25.5 Å². The zero-order chi connectivity index (χ0) is 23.2. The molecule has 168 valence electrons. The van der Waals surface area contributed by atoms with Gasteiger partial charge in [-0.05, 0) is 48.5 Å². The summed E-state index contributed by atoms with van der Waals surface area (Å²) < 4.78 is 29.5. The molecule has 2 heterocycles. The number of benzene rings is 2. The minimum atomic E-state index is -0.561. The molecule has 4 rings (SSSR count). The molecular formula is C23H19FN4O5. The van der Waals surface area contributed by atoms with E-state index in [-0.39, 0.29) is 23.6 Å². The van der Waals surface area contributed by atoms with Crippen molar-refractivity contribution in [2.75, 3.05) is 17.7 Å². The van der Waals surface area contributed by atoms with Crippen molar-refractivity contribution in [3.05, 3.63) is 84.2 Å². The first-order valence-electron chi connectivity index (χ1n) is 9.81. The summed E-state index contributed by atoms with van der Waals surface area (Å²) >= 11 is 0. The Bertz CT molecular complexity index is 1250. The maximum Gasteiger partial charge on any atom is 0.319 e. The van der Waals surface area contributed by atoms with Crippen molar-refractivity contribution in [2.24, 2.45) is 0 Å². The molecule has 10 heteroatoms. The molecule has 9 nitrogen and oxygen atoms in total. The smallest absolute Gasteiger partial charge is 0.319 e. The number of hydrogen-bond acceptors (Lipinski definition) is 6. The molecule has 4 aromatic rings. The van der Waals surface area contributed by atoms with Gasteiger partial charge < -0.3 is 29.6 Å². The van der Waals surface area contributed by atoms with Crippen LogP contribution in [0.1, 0.15) is 16.2 Å². The van der Waals surface area contributed by atoms with Gasteiger partial charge in [0, 0.05) is 23.5 Å². The van der Waals surface area contributed by atoms with Gasteiger partial charge in [0.1, 0.15) is 17.3 Å². The number of nitrogens with one attached hydrogen (secondary N) is 3. The number of nitrogens with zero attached hydrogens (tertiary/aromatic N) is 1. The Morgan fingerprint density at radius 1 is 1.03 bits per heavy atom. The van der Waals surface area contributed by atoms with Gasteiger partial charge in [-0.2, -0.15) is 0 Å². The average Bonchev–Trinajstić information content (AvgIpc) is 3.51. The summed E-state index contributed by atoms with van der Waals surface area (Å²) in [6, 6.07) is 15.2. The second-order valence-corrected chi connectivity index (χ2v) is 6.84. The first-order chi connectivity index (χ1) is 16.0. The molecule has 0 aliphatic rings. The summed E-state index contributed by atoms with van der Waals surface area (Å²) in [5.41, 5.74) is 1.15. The number of furan rings is 1. The number of hydrogen-bond donors (Lipinski definition) is 3. The largest absolute Gasteiger partial charge is 0.497 e. The number of urea groups is 1. The monoisotopic (exact) mass is 450 g/mol. The van der Waals surface area contributed by atoms with Crippen molar-refractivity contribution in [1.29, 1.82) is 0 Å². The fourth-order valence-electron chi connectivity index (χ4n) is 2.92. The van der Waals surface area contributed by atoms with E-state index in [9.17, 15) is 14.0 Å². The third-order valence-corrected chi connectivity index (χ3v) is 4.59. The number of halogens is 1. The van der Waals surface area contributed by atoms with Gasteiger partial charge in [0.15, 0.2) is 11.5 Å². The Balaban J connectivity index is 1.34. The van der Waals surface area contributed by atoms with E-state index in [2.05, 4.69) is 21.1 Å². The van der Waals surface area contributed by atoms with Crippen LogP contribution in [0.2, 0.25) is 0 Å². The Morgan fingerprint density at radius 3 is 2.45 bits per heavy atom. The Kier molecular flexibility index (Phi) is 6.35. The summed E-state index contributed by atoms with van der Waals surface area (Å²) in [6.07, 6.45) is 1.53. The highest BCUT2D eigenvalue weighted by atomic mass is 19.1. The van der Waals surface area contributed by atoms with Crippen molar-refractivity contribution in [2.45, 2.75) is 6.54 Å². The number of ether oxygens (including phenoxy) is 1. The normalized spacial score (nSPS) is 10.5. The highest BCUT2D eigenvalue weighted by molar-refractivity contribution is 6.03. The summed E-state index contributed by atoms with van der Waals surface area (Å²) in [7, 11) is 1.44. The van der Waals surface area contributed by atoms with Crippen LogP contribution in [0, 0.1) is 5.82 Å². The molecule has 0 bridgehead atoms. The van der Waals surface area contributed by atoms with Crippen molar-refractivity contribution in [3.63, 3.8) is 0 Å². The van der Waals surface area contributed by atoms with Crippen LogP contribution in [-0.2, 0) is 6.54 Å². The second kappa shape index (κ2) is 9.69. The van der Waals surface area contributed by atoms with E-state index in [1.807, 2.05) is 0 Å². The zero-order valence-electron chi connectivity index (χ0n) is 17.4. The molecule has 0 fully saturated rings. The van der Waals surface area contributed by atoms with Crippen LogP contribution in [0.5, 0.6) is 5.75 Å². The lowest BCUT2D eigenvalue weighted by molar-refractivity contribution is 0.101. The minimum absolute atomic E-state index is 0.0141. The predicted octanol–water partition coefficient (Wildman–Crippen LogP) is 4.66. The van der Waals surface area contributed by atoms with Crippen LogP contribution in [0.4, 0.5) is 20.6 Å². The molecule has 0 spiro atoms. The lowest BCUT2D eigenvalue weighted by atomic mass is 10.1. The lowest BCUT2D eigenvalue weighted by Gasteiger charge is -2.08. The highest BCUT2D eigenvalue weighted by Gasteiger charge is 2.17. The van der Waals surface area contributed by atoms with Crippen molar-refractivity contribution in [3.8, 4) is 17.1 Å². The second-order valence-electron chi connectivity index (χ2n) is 6.84. The SMILES string of the molecule is COc1ccc(-c2cc(C(=O)Nc3ccc(NC(=O)NCc4ccco4)cc3)no2)c(F)c1. The molecule has 0 unspecified atom stereocenters. The van der Waals surface area contributed by atoms with Gasteiger partial charge in [-0.25, -0.2) is 9.18 Å². The van der Waals surface area contributed by atoms with Crippen molar-refractivity contribution in [1.82, 2.24) is 10.5 Å². The van der Waals surface area contributed by atoms with E-state index in [4.69, 9.17) is 13.7 Å². The minimum Gasteiger partial charge on any atom is -0.497 e. The van der Waals surface area contributed by atoms with Gasteiger partial charge in [0.25, 0.3) is 5.91 Å². The summed E-state index contributed by atoms with van der Waals surface area (Å²) in [5.74, 6) is 0.0144. The first-order valence-corrected chi connectivity index (χ1v) is 9.81. The number of rotatable bonds is 7. The molecular weight excluding hydrogens is 431 g/mol. The Morgan fingerprint density at radius 2 is 1.79 bits per heavy atom. The van der Waals surface area contributed by atoms with Crippen LogP contribution in [-0.4, -0.2) is 24.2 Å². The van der Waals surface area contributed by atoms with Crippen LogP contribution in [0.25, 0.3) is 11.3 Å². The molecule has 0 aliphatic heterocycles. The third kappa shape index (κ3) is 5.37. The van der Waals surface area contributed by atoms with E-state index in [0.717, 1.165) is 0 Å². The third-order valence-electron chi connectivity index (χ3n) is 4.59. The average molecular weight is 450 g/mol. The molecule has 33 heavy (non-hydrogen) atoms. The molecule has 2 aromatic carbocycles. The molecule has 0 aliphatic carbocycles. The lowest BCUT2D eigenvalue weighted by Crippen LogP contribution is -2.27. The standard InChI is InChI=1S/C23H19FN4O5/c1-31-16-8-9-18(19(24)11-16)21-12-20(28-33-21)22(29)26-14-4-6-15(7-5-14)27-23(30)25-13-17-3-2-10-32-17/h2-12H,13H2,1H3,(H,26,29)(H2,25,27,30). The number of amides is 3. The topological polar surface area (TPSA) is 119 Å². The number of aromatic nitrogens is 1. The molecule has 0 saturated carbocycles. The first kappa shape index (κ1) is 21.6. The molecule has 3 N–H and O–H groups in total. The van der Waals surface area contributed by atoms with Gasteiger partial charge in [-0.1, -0.05) is 5.16 Å². The molecule has 0 atom stereocenters. The molecule has 0 radical (unpaired) electrons. The fourth-order valence-corrected chi connectivity index (χ4v) is 2.92. The quantitative estimate of drug-likeness (QED) is 0.377. The van der Waals surface area contributed by atoms with E-state index in [0.29, 0.717) is 22.9 Å². The molecule has 0 saturated heterocycles. The van der Waals surface area contributed by atoms with Crippen LogP contribution in [0.15, 0.2) is 75.9 Å². The summed E-state index contributed by atoms with van der Waals surface area (Å²) in [6.45, 7) is 0.257. The number of methoxy groups -OCH3 is 1. The van der Waals surface area contributed by atoms with Gasteiger partial charge in [0.2, 0.25) is 0 Å². The highest BCUT2D eigenvalue weighted by Crippen LogP contribution is 2.27. The van der Waals surface area contributed by atoms with E-state index in [1.165, 1.54) is 31.6 Å². The summed E-state index contributed by atoms with van der Waals surface area (Å²) in [4.78, 5) is 24.4. The predicted molar refractivity (Wildman–Crippen MR) is 117 cm³/mol. The Labute approximate surface area is 187 Å². The maximum atomic E-state index is 14.2. The van der Waals surface area contributed by atoms with Gasteiger partial charge in [-0.3, -0.25) is 4.79 Å². The summed E-state index contributed by atoms with van der Waals surface area (Å²) in [5, 5.41) is 11.7. The van der Waals surface area contributed by atoms with E-state index >= 15 is 0 Å². The fraction of sp³-hybridized carbons (Fsp3) is 0.0870. The van der Waals surface area contributed by atoms with Gasteiger partial charge >= 0.3 is 6.03 Å². The van der Waals surface area contributed by atoms with Crippen molar-refractivity contribution < 1.29 is 27.7 Å². The van der Waals surface area contributed by atoms with Crippen LogP contribution >= 0.6 is 0 Å². The number of carbonyl (C=O) groups is 2. The maximum absolute atomic E-state index is 14.2. The van der Waals surface area contributed by atoms with Crippen LogP contribution < -0.4 is 20.7 Å². The van der Waals surface area contributed by atoms with E-state index < -0.39 is 17.8 Å². The number of carbonyl (C=O) groups excluding carboxylic acids is 2. The Hall–Kier alpha value is -4.60. The van der Waals surface area contributed by atoms with Gasteiger partial charge in [-0.15, -0.1) is 0 Å². The number of anilines is 2. The zero-order valence-corrected chi connectivity index (χ0v) is 17.4. The molecule has 3 amide bonds. The molecule has 2 aromatic heterocycles.